The fourth-order valence-corrected chi connectivity index (χ4v) is 3.31. The number of methoxy groups -OCH3 is 1. The van der Waals surface area contributed by atoms with Gasteiger partial charge in [0.1, 0.15) is 5.75 Å². The highest BCUT2D eigenvalue weighted by Gasteiger charge is 2.19. The molecule has 2 nitrogen and oxygen atoms in total. The van der Waals surface area contributed by atoms with E-state index < -0.39 is 0 Å². The minimum absolute atomic E-state index is 0.279. The van der Waals surface area contributed by atoms with E-state index in [0.29, 0.717) is 4.67 Å². The maximum absolute atomic E-state index is 6.62. The zero-order valence-corrected chi connectivity index (χ0v) is 13.1. The van der Waals surface area contributed by atoms with Gasteiger partial charge in [0, 0.05) is 10.9 Å². The maximum Gasteiger partial charge on any atom is 0.173 e. The molecule has 0 fully saturated rings. The molecule has 0 N–H and O–H groups in total. The van der Waals surface area contributed by atoms with Crippen LogP contribution in [0.25, 0.3) is 10.8 Å². The highest BCUT2D eigenvalue weighted by atomic mass is 79.9. The van der Waals surface area contributed by atoms with Crippen LogP contribution in [0, 0.1) is 0 Å². The minimum atomic E-state index is -0.279. The summed E-state index contributed by atoms with van der Waals surface area (Å²) in [5.41, 5.74) is 1.95. The summed E-state index contributed by atoms with van der Waals surface area (Å²) >= 11 is 10.0. The van der Waals surface area contributed by atoms with Crippen molar-refractivity contribution in [3.8, 4) is 5.75 Å². The van der Waals surface area contributed by atoms with Crippen LogP contribution < -0.4 is 4.74 Å². The van der Waals surface area contributed by atoms with E-state index in [1.54, 1.807) is 13.4 Å². The maximum atomic E-state index is 6.62. The first-order chi connectivity index (χ1) is 9.72. The Morgan fingerprint density at radius 1 is 1.05 bits per heavy atom. The summed E-state index contributed by atoms with van der Waals surface area (Å²) in [7, 11) is 1.67. The topological polar surface area (TPSA) is 22.4 Å². The molecule has 1 heterocycles. The number of halogens is 2. The van der Waals surface area contributed by atoms with E-state index in [1.807, 2.05) is 36.4 Å². The van der Waals surface area contributed by atoms with Crippen LogP contribution in [0.15, 0.2) is 57.8 Å². The van der Waals surface area contributed by atoms with Crippen molar-refractivity contribution in [2.45, 2.75) is 5.38 Å². The number of rotatable bonds is 3. The third kappa shape index (κ3) is 2.21. The van der Waals surface area contributed by atoms with Gasteiger partial charge in [0.25, 0.3) is 0 Å². The Hall–Kier alpha value is -1.45. The van der Waals surface area contributed by atoms with E-state index in [9.17, 15) is 0 Å². The Balaban J connectivity index is 2.20. The van der Waals surface area contributed by atoms with E-state index >= 15 is 0 Å². The second kappa shape index (κ2) is 5.51. The highest BCUT2D eigenvalue weighted by molar-refractivity contribution is 9.10. The first kappa shape index (κ1) is 13.5. The molecule has 0 saturated carbocycles. The van der Waals surface area contributed by atoms with Gasteiger partial charge in [-0.15, -0.1) is 11.6 Å². The second-order valence-corrected chi connectivity index (χ2v) is 5.57. The van der Waals surface area contributed by atoms with E-state index in [2.05, 4.69) is 22.0 Å². The molecule has 0 aliphatic carbocycles. The molecule has 0 aliphatic rings. The van der Waals surface area contributed by atoms with E-state index in [0.717, 1.165) is 27.6 Å². The lowest BCUT2D eigenvalue weighted by Crippen LogP contribution is -1.95. The van der Waals surface area contributed by atoms with Gasteiger partial charge in [-0.05, 0) is 39.0 Å². The van der Waals surface area contributed by atoms with Gasteiger partial charge in [-0.3, -0.25) is 0 Å². The summed E-state index contributed by atoms with van der Waals surface area (Å²) in [5, 5.41) is 1.86. The van der Waals surface area contributed by atoms with Crippen LogP contribution in [0.3, 0.4) is 0 Å². The molecule has 3 rings (SSSR count). The zero-order chi connectivity index (χ0) is 14.1. The van der Waals surface area contributed by atoms with Crippen molar-refractivity contribution in [3.05, 3.63) is 64.5 Å². The first-order valence-corrected chi connectivity index (χ1v) is 7.38. The molecule has 1 aromatic heterocycles. The van der Waals surface area contributed by atoms with Gasteiger partial charge in [-0.2, -0.15) is 0 Å². The number of alkyl halides is 1. The molecule has 1 atom stereocenters. The quantitative estimate of drug-likeness (QED) is 0.579. The van der Waals surface area contributed by atoms with Crippen molar-refractivity contribution < 1.29 is 9.15 Å². The summed E-state index contributed by atoms with van der Waals surface area (Å²) in [6.07, 6.45) is 1.63. The molecule has 4 heteroatoms. The number of ether oxygens (including phenoxy) is 1. The molecule has 0 radical (unpaired) electrons. The molecule has 0 bridgehead atoms. The molecule has 2 aromatic carbocycles. The largest absolute Gasteiger partial charge is 0.496 e. The Kier molecular flexibility index (Phi) is 3.72. The third-order valence-electron chi connectivity index (χ3n) is 3.33. The van der Waals surface area contributed by atoms with Gasteiger partial charge in [-0.1, -0.05) is 30.3 Å². The number of hydrogen-bond donors (Lipinski definition) is 0. The van der Waals surface area contributed by atoms with Crippen molar-refractivity contribution in [2.24, 2.45) is 0 Å². The van der Waals surface area contributed by atoms with Gasteiger partial charge in [0.2, 0.25) is 0 Å². The Morgan fingerprint density at radius 2 is 1.80 bits per heavy atom. The smallest absolute Gasteiger partial charge is 0.173 e. The van der Waals surface area contributed by atoms with Crippen molar-refractivity contribution in [2.75, 3.05) is 7.11 Å². The van der Waals surface area contributed by atoms with Crippen LogP contribution >= 0.6 is 27.5 Å². The van der Waals surface area contributed by atoms with Crippen LogP contribution in [-0.4, -0.2) is 7.11 Å². The van der Waals surface area contributed by atoms with Gasteiger partial charge < -0.3 is 9.15 Å². The van der Waals surface area contributed by atoms with Gasteiger partial charge in [0.15, 0.2) is 4.67 Å². The molecule has 20 heavy (non-hydrogen) atoms. The lowest BCUT2D eigenvalue weighted by Gasteiger charge is -2.14. The normalized spacial score (nSPS) is 12.6. The van der Waals surface area contributed by atoms with Crippen molar-refractivity contribution in [1.82, 2.24) is 0 Å². The first-order valence-electron chi connectivity index (χ1n) is 6.15. The summed E-state index contributed by atoms with van der Waals surface area (Å²) in [6.45, 7) is 0. The average Bonchev–Trinajstić information content (AvgIpc) is 2.91. The molecular formula is C16H12BrClO2. The lowest BCUT2D eigenvalue weighted by atomic mass is 9.98. The van der Waals surface area contributed by atoms with Crippen molar-refractivity contribution in [1.29, 1.82) is 0 Å². The van der Waals surface area contributed by atoms with Crippen LogP contribution in [0.4, 0.5) is 0 Å². The molecule has 0 amide bonds. The number of fused-ring (bicyclic) bond motifs is 1. The Labute approximate surface area is 130 Å². The summed E-state index contributed by atoms with van der Waals surface area (Å²) in [6, 6.07) is 13.9. The number of hydrogen-bond acceptors (Lipinski definition) is 2. The fraction of sp³-hybridized carbons (Fsp3) is 0.125. The summed E-state index contributed by atoms with van der Waals surface area (Å²) < 4.78 is 11.3. The van der Waals surface area contributed by atoms with Crippen LogP contribution in [0.5, 0.6) is 5.75 Å². The Bertz CT molecular complexity index is 751. The summed E-state index contributed by atoms with van der Waals surface area (Å²) in [5.74, 6) is 0.847. The molecule has 3 aromatic rings. The van der Waals surface area contributed by atoms with Crippen molar-refractivity contribution in [3.63, 3.8) is 0 Å². The zero-order valence-electron chi connectivity index (χ0n) is 10.8. The molecule has 102 valence electrons. The minimum Gasteiger partial charge on any atom is -0.496 e. The monoisotopic (exact) mass is 350 g/mol. The Morgan fingerprint density at radius 3 is 2.45 bits per heavy atom. The second-order valence-electron chi connectivity index (χ2n) is 4.41. The van der Waals surface area contributed by atoms with Crippen LogP contribution in [-0.2, 0) is 0 Å². The van der Waals surface area contributed by atoms with E-state index in [4.69, 9.17) is 20.8 Å². The predicted molar refractivity (Wildman–Crippen MR) is 84.6 cm³/mol. The van der Waals surface area contributed by atoms with Gasteiger partial charge >= 0.3 is 0 Å². The van der Waals surface area contributed by atoms with Gasteiger partial charge in [0.05, 0.1) is 18.8 Å². The SMILES string of the molecule is COc1ccc(C(Cl)c2ccoc2Br)c2ccccc12. The van der Waals surface area contributed by atoms with Crippen molar-refractivity contribution >= 4 is 38.3 Å². The lowest BCUT2D eigenvalue weighted by molar-refractivity contribution is 0.419. The predicted octanol–water partition coefficient (Wildman–Crippen LogP) is 5.53. The molecule has 1 unspecified atom stereocenters. The molecule has 0 spiro atoms. The van der Waals surface area contributed by atoms with Crippen LogP contribution in [0.1, 0.15) is 16.5 Å². The average molecular weight is 352 g/mol. The molecule has 0 saturated heterocycles. The summed E-state index contributed by atoms with van der Waals surface area (Å²) in [4.78, 5) is 0. The van der Waals surface area contributed by atoms with Gasteiger partial charge in [-0.25, -0.2) is 0 Å². The van der Waals surface area contributed by atoms with E-state index in [-0.39, 0.29) is 5.38 Å². The number of benzene rings is 2. The van der Waals surface area contributed by atoms with E-state index in [1.165, 1.54) is 0 Å². The highest BCUT2D eigenvalue weighted by Crippen LogP contribution is 2.39. The third-order valence-corrected chi connectivity index (χ3v) is 4.44. The fourth-order valence-electron chi connectivity index (χ4n) is 2.35. The molecular weight excluding hydrogens is 340 g/mol. The molecule has 0 aliphatic heterocycles. The number of furan rings is 1. The standard InChI is InChI=1S/C16H12BrClO2/c1-19-14-7-6-12(10-4-2-3-5-11(10)14)15(18)13-8-9-20-16(13)17/h2-9,15H,1H3. The van der Waals surface area contributed by atoms with Crippen LogP contribution in [0.2, 0.25) is 0 Å².